The van der Waals surface area contributed by atoms with E-state index in [4.69, 9.17) is 4.74 Å². The van der Waals surface area contributed by atoms with Crippen LogP contribution in [-0.2, 0) is 9.53 Å². The number of halogens is 1. The normalized spacial score (nSPS) is 10.9. The highest BCUT2D eigenvalue weighted by Crippen LogP contribution is 2.26. The molecule has 0 radical (unpaired) electrons. The number of hydrogen-bond acceptors (Lipinski definition) is 4. The quantitative estimate of drug-likeness (QED) is 0.479. The number of ether oxygens (including phenoxy) is 1. The fourth-order valence-corrected chi connectivity index (χ4v) is 3.07. The number of fused-ring (bicyclic) bond motifs is 3. The van der Waals surface area contributed by atoms with Gasteiger partial charge < -0.3 is 15.0 Å². The maximum atomic E-state index is 12.3. The molecule has 0 bridgehead atoms. The maximum Gasteiger partial charge on any atom is 0.355 e. The predicted molar refractivity (Wildman–Crippen MR) is 107 cm³/mol. The van der Waals surface area contributed by atoms with Crippen molar-refractivity contribution in [1.29, 1.82) is 0 Å². The van der Waals surface area contributed by atoms with Gasteiger partial charge in [0, 0.05) is 21.6 Å². The van der Waals surface area contributed by atoms with Gasteiger partial charge in [-0.15, -0.1) is 0 Å². The van der Waals surface area contributed by atoms with E-state index in [2.05, 4.69) is 31.2 Å². The van der Waals surface area contributed by atoms with Crippen LogP contribution in [0.25, 0.3) is 21.7 Å². The molecule has 0 aliphatic carbocycles. The fourth-order valence-electron chi connectivity index (χ4n) is 2.83. The molecule has 2 aromatic carbocycles. The largest absolute Gasteiger partial charge is 0.451 e. The Labute approximate surface area is 162 Å². The van der Waals surface area contributed by atoms with E-state index < -0.39 is 18.5 Å². The van der Waals surface area contributed by atoms with Crippen LogP contribution in [0, 0.1) is 0 Å². The van der Waals surface area contributed by atoms with Crippen molar-refractivity contribution in [3.63, 3.8) is 0 Å². The minimum Gasteiger partial charge on any atom is -0.451 e. The molecule has 0 atom stereocenters. The molecule has 0 saturated carbocycles. The average Bonchev–Trinajstić information content (AvgIpc) is 3.13. The highest BCUT2D eigenvalue weighted by Gasteiger charge is 2.14. The summed E-state index contributed by atoms with van der Waals surface area (Å²) in [6, 6.07) is 17.0. The third kappa shape index (κ3) is 3.68. The third-order valence-electron chi connectivity index (χ3n) is 4.08. The number of aromatic amines is 1. The summed E-state index contributed by atoms with van der Waals surface area (Å²) in [5.74, 6) is -0.662. The second-order valence-electron chi connectivity index (χ2n) is 5.92. The van der Waals surface area contributed by atoms with E-state index in [1.54, 1.807) is 24.4 Å². The van der Waals surface area contributed by atoms with Gasteiger partial charge in [-0.25, -0.2) is 9.78 Å². The Kier molecular flexibility index (Phi) is 4.60. The summed E-state index contributed by atoms with van der Waals surface area (Å²) in [5.41, 5.74) is 1.14. The number of nitrogens with zero attached hydrogens (tertiary/aromatic N) is 1. The molecule has 27 heavy (non-hydrogen) atoms. The molecule has 0 spiro atoms. The van der Waals surface area contributed by atoms with Crippen LogP contribution in [0.2, 0.25) is 0 Å². The number of benzene rings is 2. The van der Waals surface area contributed by atoms with Crippen molar-refractivity contribution in [2.75, 3.05) is 11.9 Å². The van der Waals surface area contributed by atoms with Crippen LogP contribution in [0.1, 0.15) is 10.5 Å². The lowest BCUT2D eigenvalue weighted by Crippen LogP contribution is -2.21. The van der Waals surface area contributed by atoms with E-state index in [0.717, 1.165) is 26.1 Å². The molecule has 134 valence electrons. The highest BCUT2D eigenvalue weighted by atomic mass is 79.9. The Balaban J connectivity index is 1.45. The summed E-state index contributed by atoms with van der Waals surface area (Å²) in [5, 5.41) is 5.64. The molecular formula is C20H14BrN3O3. The van der Waals surface area contributed by atoms with Crippen LogP contribution in [-0.4, -0.2) is 28.5 Å². The van der Waals surface area contributed by atoms with Crippen molar-refractivity contribution in [2.24, 2.45) is 0 Å². The zero-order chi connectivity index (χ0) is 18.8. The van der Waals surface area contributed by atoms with Gasteiger partial charge in [-0.1, -0.05) is 30.3 Å². The summed E-state index contributed by atoms with van der Waals surface area (Å²) in [6.45, 7) is -0.396. The molecule has 2 N–H and O–H groups in total. The summed E-state index contributed by atoms with van der Waals surface area (Å²) in [7, 11) is 0. The van der Waals surface area contributed by atoms with E-state index in [0.29, 0.717) is 11.5 Å². The van der Waals surface area contributed by atoms with E-state index in [9.17, 15) is 9.59 Å². The molecule has 2 aromatic heterocycles. The average molecular weight is 424 g/mol. The third-order valence-corrected chi connectivity index (χ3v) is 4.55. The van der Waals surface area contributed by atoms with E-state index in [1.165, 1.54) is 0 Å². The minimum absolute atomic E-state index is 0.302. The van der Waals surface area contributed by atoms with Gasteiger partial charge in [0.1, 0.15) is 11.5 Å². The van der Waals surface area contributed by atoms with Crippen LogP contribution in [0.15, 0.2) is 65.3 Å². The van der Waals surface area contributed by atoms with Crippen LogP contribution in [0.5, 0.6) is 0 Å². The number of carbonyl (C=O) groups is 2. The Morgan fingerprint density at radius 1 is 1.07 bits per heavy atom. The topological polar surface area (TPSA) is 84.1 Å². The number of amides is 1. The SMILES string of the molecule is O=C(COC(=O)c1cc2c(ccc3ccccc32)[nH]1)Nc1ccc(Br)cn1. The van der Waals surface area contributed by atoms with Crippen molar-refractivity contribution in [3.05, 3.63) is 71.0 Å². The minimum atomic E-state index is -0.589. The first kappa shape index (κ1) is 17.2. The van der Waals surface area contributed by atoms with Gasteiger partial charge in [0.15, 0.2) is 6.61 Å². The summed E-state index contributed by atoms with van der Waals surface area (Å²) in [4.78, 5) is 31.3. The van der Waals surface area contributed by atoms with Gasteiger partial charge in [-0.2, -0.15) is 0 Å². The summed E-state index contributed by atoms with van der Waals surface area (Å²) in [6.07, 6.45) is 1.57. The molecule has 6 nitrogen and oxygen atoms in total. The van der Waals surface area contributed by atoms with Crippen molar-refractivity contribution in [2.45, 2.75) is 0 Å². The lowest BCUT2D eigenvalue weighted by Gasteiger charge is -2.05. The molecule has 1 amide bonds. The lowest BCUT2D eigenvalue weighted by atomic mass is 10.1. The molecule has 0 saturated heterocycles. The monoisotopic (exact) mass is 423 g/mol. The van der Waals surface area contributed by atoms with Crippen molar-refractivity contribution in [3.8, 4) is 0 Å². The van der Waals surface area contributed by atoms with Crippen molar-refractivity contribution >= 4 is 55.3 Å². The molecule has 0 aliphatic heterocycles. The number of carbonyl (C=O) groups excluding carboxylic acids is 2. The fraction of sp³-hybridized carbons (Fsp3) is 0.0500. The maximum absolute atomic E-state index is 12.3. The molecule has 2 heterocycles. The van der Waals surface area contributed by atoms with Gasteiger partial charge in [-0.3, -0.25) is 4.79 Å². The molecule has 4 aromatic rings. The number of nitrogens with one attached hydrogen (secondary N) is 2. The van der Waals surface area contributed by atoms with Gasteiger partial charge >= 0.3 is 5.97 Å². The highest BCUT2D eigenvalue weighted by molar-refractivity contribution is 9.10. The lowest BCUT2D eigenvalue weighted by molar-refractivity contribution is -0.119. The molecular weight excluding hydrogens is 410 g/mol. The van der Waals surface area contributed by atoms with Crippen molar-refractivity contribution in [1.82, 2.24) is 9.97 Å². The predicted octanol–water partition coefficient (Wildman–Crippen LogP) is 4.27. The van der Waals surface area contributed by atoms with Gasteiger partial charge in [0.25, 0.3) is 5.91 Å². The number of aromatic nitrogens is 2. The second-order valence-corrected chi connectivity index (χ2v) is 6.83. The first-order valence-electron chi connectivity index (χ1n) is 8.19. The Morgan fingerprint density at radius 2 is 1.93 bits per heavy atom. The van der Waals surface area contributed by atoms with Crippen LogP contribution >= 0.6 is 15.9 Å². The summed E-state index contributed by atoms with van der Waals surface area (Å²) < 4.78 is 5.91. The number of rotatable bonds is 4. The zero-order valence-electron chi connectivity index (χ0n) is 14.0. The first-order valence-corrected chi connectivity index (χ1v) is 8.98. The molecule has 0 fully saturated rings. The number of esters is 1. The first-order chi connectivity index (χ1) is 13.1. The smallest absolute Gasteiger partial charge is 0.355 e. The van der Waals surface area contributed by atoms with Crippen LogP contribution in [0.4, 0.5) is 5.82 Å². The van der Waals surface area contributed by atoms with E-state index in [-0.39, 0.29) is 0 Å². The van der Waals surface area contributed by atoms with Crippen LogP contribution in [0.3, 0.4) is 0 Å². The number of hydrogen-bond donors (Lipinski definition) is 2. The van der Waals surface area contributed by atoms with Gasteiger partial charge in [0.2, 0.25) is 0 Å². The Morgan fingerprint density at radius 3 is 2.74 bits per heavy atom. The molecule has 7 heteroatoms. The standard InChI is InChI=1S/C20H14BrN3O3/c21-13-6-8-18(22-10-13)24-19(25)11-27-20(26)17-9-15-14-4-2-1-3-12(14)5-7-16(15)23-17/h1-10,23H,11H2,(H,22,24,25). The molecule has 4 rings (SSSR count). The summed E-state index contributed by atoms with van der Waals surface area (Å²) >= 11 is 3.27. The molecule has 0 unspecified atom stereocenters. The van der Waals surface area contributed by atoms with E-state index in [1.807, 2.05) is 36.4 Å². The number of pyridine rings is 1. The van der Waals surface area contributed by atoms with Crippen LogP contribution < -0.4 is 5.32 Å². The number of H-pyrrole nitrogens is 1. The Bertz CT molecular complexity index is 1150. The molecule has 0 aliphatic rings. The van der Waals surface area contributed by atoms with Gasteiger partial charge in [0.05, 0.1) is 0 Å². The number of anilines is 1. The van der Waals surface area contributed by atoms with E-state index >= 15 is 0 Å². The van der Waals surface area contributed by atoms with Gasteiger partial charge in [-0.05, 0) is 51.0 Å². The van der Waals surface area contributed by atoms with Crippen molar-refractivity contribution < 1.29 is 14.3 Å². The zero-order valence-corrected chi connectivity index (χ0v) is 15.6. The Hall–Kier alpha value is -3.19. The second kappa shape index (κ2) is 7.20.